The number of hydrogen-bond acceptors (Lipinski definition) is 2. The minimum Gasteiger partial charge on any atom is -0.310 e. The van der Waals surface area contributed by atoms with Crippen molar-refractivity contribution >= 4 is 59.7 Å². The van der Waals surface area contributed by atoms with Crippen molar-refractivity contribution in [3.8, 4) is 22.3 Å². The fraction of sp³-hybridized carbons (Fsp3) is 0.213. The van der Waals surface area contributed by atoms with E-state index >= 15 is 0 Å². The van der Waals surface area contributed by atoms with Crippen LogP contribution in [0.1, 0.15) is 89.0 Å². The normalized spacial score (nSPS) is 19.2. The molecule has 1 atom stereocenters. The molecule has 7 aromatic rings. The first-order valence-electron chi connectivity index (χ1n) is 23.1. The van der Waals surface area contributed by atoms with E-state index in [9.17, 15) is 0 Å². The summed E-state index contributed by atoms with van der Waals surface area (Å²) in [6, 6.07) is 48.7. The summed E-state index contributed by atoms with van der Waals surface area (Å²) in [4.78, 5) is 2.47. The van der Waals surface area contributed by atoms with E-state index in [4.69, 9.17) is 0 Å². The molecular weight excluding hydrogens is 779 g/mol. The Morgan fingerprint density at radius 3 is 2.03 bits per heavy atom. The van der Waals surface area contributed by atoms with Crippen LogP contribution in [-0.4, -0.2) is 0 Å². The standard InChI is InChI=1S/C61H53NS/c1-38-12-11-16-52-50-31-23-44(36-55(50)61(4,5)59(38)52)41-20-27-46(28-21-41)62(45-25-18-40(19-26-45)42-24-33-58-53(34-42)51-15-9-10-17-57(51)63-58)47-29-32-49-48-30-22-43(39-13-7-6-8-14-39)35-54(48)60(2,3)56(49)37-47/h7,9-11,13-22,24-30,32-38H,6,8,12,23,31H2,1-5H3. The molecule has 0 N–H and O–H groups in total. The second kappa shape index (κ2) is 14.4. The van der Waals surface area contributed by atoms with Gasteiger partial charge in [-0.05, 0) is 177 Å². The maximum Gasteiger partial charge on any atom is 0.0465 e. The maximum absolute atomic E-state index is 2.55. The minimum absolute atomic E-state index is 0.0689. The van der Waals surface area contributed by atoms with Gasteiger partial charge in [-0.1, -0.05) is 138 Å². The zero-order valence-corrected chi connectivity index (χ0v) is 37.9. The van der Waals surface area contributed by atoms with Gasteiger partial charge in [0.05, 0.1) is 0 Å². The van der Waals surface area contributed by atoms with Crippen molar-refractivity contribution in [2.75, 3.05) is 4.90 Å². The highest BCUT2D eigenvalue weighted by atomic mass is 32.1. The van der Waals surface area contributed by atoms with Crippen LogP contribution in [0.25, 0.3) is 53.6 Å². The van der Waals surface area contributed by atoms with Crippen molar-refractivity contribution in [1.82, 2.24) is 0 Å². The van der Waals surface area contributed by atoms with Gasteiger partial charge in [0.2, 0.25) is 0 Å². The Labute approximate surface area is 376 Å². The molecule has 0 spiro atoms. The third-order valence-electron chi connectivity index (χ3n) is 15.1. The summed E-state index contributed by atoms with van der Waals surface area (Å²) >= 11 is 1.87. The van der Waals surface area contributed by atoms with Crippen molar-refractivity contribution < 1.29 is 0 Å². The first-order valence-corrected chi connectivity index (χ1v) is 23.9. The van der Waals surface area contributed by atoms with E-state index in [2.05, 4.69) is 203 Å². The van der Waals surface area contributed by atoms with E-state index in [0.717, 1.165) is 43.5 Å². The molecule has 0 saturated heterocycles. The van der Waals surface area contributed by atoms with Gasteiger partial charge in [0.15, 0.2) is 0 Å². The molecule has 0 amide bonds. The molecule has 5 aliphatic carbocycles. The molecule has 0 bridgehead atoms. The molecule has 1 unspecified atom stereocenters. The average molecular weight is 832 g/mol. The lowest BCUT2D eigenvalue weighted by atomic mass is 9.72. The molecule has 1 aromatic heterocycles. The van der Waals surface area contributed by atoms with Crippen molar-refractivity contribution in [3.05, 3.63) is 208 Å². The van der Waals surface area contributed by atoms with E-state index in [1.165, 1.54) is 92.7 Å². The van der Waals surface area contributed by atoms with E-state index in [0.29, 0.717) is 5.92 Å². The summed E-state index contributed by atoms with van der Waals surface area (Å²) in [5.74, 6) is 0.597. The number of benzene rings is 6. The lowest BCUT2D eigenvalue weighted by Crippen LogP contribution is -2.20. The summed E-state index contributed by atoms with van der Waals surface area (Å²) in [6.45, 7) is 12.1. The number of thiophene rings is 1. The molecule has 2 heteroatoms. The molecule has 308 valence electrons. The lowest BCUT2D eigenvalue weighted by Gasteiger charge is -2.32. The molecule has 1 nitrogen and oxygen atoms in total. The van der Waals surface area contributed by atoms with Gasteiger partial charge in [-0.25, -0.2) is 0 Å². The van der Waals surface area contributed by atoms with Gasteiger partial charge >= 0.3 is 0 Å². The molecule has 1 heterocycles. The highest BCUT2D eigenvalue weighted by Crippen LogP contribution is 2.57. The Morgan fingerprint density at radius 2 is 1.25 bits per heavy atom. The average Bonchev–Trinajstić information content (AvgIpc) is 3.89. The Bertz CT molecular complexity index is 3240. The molecule has 63 heavy (non-hydrogen) atoms. The van der Waals surface area contributed by atoms with Crippen LogP contribution >= 0.6 is 11.3 Å². The quantitative estimate of drug-likeness (QED) is 0.161. The Balaban J connectivity index is 0.925. The maximum atomic E-state index is 2.55. The van der Waals surface area contributed by atoms with E-state index in [1.807, 2.05) is 11.3 Å². The molecule has 0 aliphatic heterocycles. The SMILES string of the molecule is CC1CC=CC2=C1C(C)(C)C1=C2CCC(c2ccc(N(c3ccc(-c4ccc5sc6ccccc6c5c4)cc3)c3ccc4c(c3)C(C)(C)c3cc(C5=CCCC=C5)ccc3-4)cc2)=C1. The predicted molar refractivity (Wildman–Crippen MR) is 271 cm³/mol. The molecule has 0 fully saturated rings. The zero-order valence-electron chi connectivity index (χ0n) is 37.1. The van der Waals surface area contributed by atoms with Gasteiger partial charge in [-0.3, -0.25) is 0 Å². The predicted octanol–water partition coefficient (Wildman–Crippen LogP) is 17.6. The Hall–Kier alpha value is -6.22. The minimum atomic E-state index is -0.143. The van der Waals surface area contributed by atoms with Crippen molar-refractivity contribution in [3.63, 3.8) is 0 Å². The number of rotatable bonds is 6. The summed E-state index contributed by atoms with van der Waals surface area (Å²) in [5, 5.41) is 2.67. The number of nitrogens with zero attached hydrogens (tertiary/aromatic N) is 1. The van der Waals surface area contributed by atoms with Crippen LogP contribution in [0.4, 0.5) is 17.1 Å². The van der Waals surface area contributed by atoms with Crippen molar-refractivity contribution in [2.45, 2.75) is 72.1 Å². The molecule has 5 aliphatic rings. The lowest BCUT2D eigenvalue weighted by molar-refractivity contribution is 0.475. The molecule has 0 saturated carbocycles. The Morgan fingerprint density at radius 1 is 0.571 bits per heavy atom. The first-order chi connectivity index (χ1) is 30.6. The van der Waals surface area contributed by atoms with Crippen LogP contribution in [0, 0.1) is 11.3 Å². The van der Waals surface area contributed by atoms with Gasteiger partial charge in [0, 0.05) is 48.1 Å². The summed E-state index contributed by atoms with van der Waals surface area (Å²) in [7, 11) is 0. The third kappa shape index (κ3) is 6.09. The Kier molecular flexibility index (Phi) is 8.80. The van der Waals surface area contributed by atoms with Crippen LogP contribution in [-0.2, 0) is 5.41 Å². The summed E-state index contributed by atoms with van der Waals surface area (Å²) in [5.41, 5.74) is 23.1. The highest BCUT2D eigenvalue weighted by Gasteiger charge is 2.42. The second-order valence-electron chi connectivity index (χ2n) is 19.5. The van der Waals surface area contributed by atoms with Crippen LogP contribution in [0.15, 0.2) is 186 Å². The van der Waals surface area contributed by atoms with E-state index in [1.54, 1.807) is 11.1 Å². The fourth-order valence-electron chi connectivity index (χ4n) is 11.9. The van der Waals surface area contributed by atoms with Gasteiger partial charge in [0.1, 0.15) is 0 Å². The van der Waals surface area contributed by atoms with Crippen LogP contribution in [0.5, 0.6) is 0 Å². The smallest absolute Gasteiger partial charge is 0.0465 e. The third-order valence-corrected chi connectivity index (χ3v) is 16.2. The van der Waals surface area contributed by atoms with E-state index in [-0.39, 0.29) is 10.8 Å². The van der Waals surface area contributed by atoms with Gasteiger partial charge in [-0.15, -0.1) is 11.3 Å². The zero-order chi connectivity index (χ0) is 42.6. The van der Waals surface area contributed by atoms with Crippen LogP contribution in [0.2, 0.25) is 0 Å². The number of fused-ring (bicyclic) bond motifs is 7. The monoisotopic (exact) mass is 831 g/mol. The largest absolute Gasteiger partial charge is 0.310 e. The molecular formula is C61H53NS. The van der Waals surface area contributed by atoms with E-state index < -0.39 is 0 Å². The summed E-state index contributed by atoms with van der Waals surface area (Å²) in [6.07, 6.45) is 19.9. The van der Waals surface area contributed by atoms with Gasteiger partial charge in [-0.2, -0.15) is 0 Å². The number of anilines is 3. The molecule has 0 radical (unpaired) electrons. The van der Waals surface area contributed by atoms with Crippen LogP contribution < -0.4 is 4.90 Å². The summed E-state index contributed by atoms with van der Waals surface area (Å²) < 4.78 is 2.68. The number of hydrogen-bond donors (Lipinski definition) is 0. The van der Waals surface area contributed by atoms with Gasteiger partial charge < -0.3 is 4.90 Å². The highest BCUT2D eigenvalue weighted by molar-refractivity contribution is 7.25. The van der Waals surface area contributed by atoms with Crippen molar-refractivity contribution in [1.29, 1.82) is 0 Å². The fourth-order valence-corrected chi connectivity index (χ4v) is 13.0. The van der Waals surface area contributed by atoms with Crippen LogP contribution in [0.3, 0.4) is 0 Å². The van der Waals surface area contributed by atoms with Gasteiger partial charge in [0.25, 0.3) is 0 Å². The molecule has 6 aromatic carbocycles. The number of allylic oxidation sites excluding steroid dienone is 12. The van der Waals surface area contributed by atoms with Crippen molar-refractivity contribution in [2.24, 2.45) is 11.3 Å². The molecule has 12 rings (SSSR count). The topological polar surface area (TPSA) is 3.24 Å². The second-order valence-corrected chi connectivity index (χ2v) is 20.6. The first kappa shape index (κ1) is 38.5.